The molecule has 12 atom stereocenters. The van der Waals surface area contributed by atoms with E-state index in [9.17, 15) is 25.4 Å². The summed E-state index contributed by atoms with van der Waals surface area (Å²) in [5.41, 5.74) is 1.31. The van der Waals surface area contributed by atoms with E-state index in [0.29, 0.717) is 62.4 Å². The van der Waals surface area contributed by atoms with E-state index in [4.69, 9.17) is 23.9 Å². The minimum absolute atomic E-state index is 0.0155. The third kappa shape index (κ3) is 5.32. The molecule has 2 aromatic rings. The summed E-state index contributed by atoms with van der Waals surface area (Å²) < 4.78 is 39.3. The first-order valence-electron chi connectivity index (χ1n) is 20.2. The summed E-state index contributed by atoms with van der Waals surface area (Å²) in [6.07, 6.45) is 5.98. The lowest BCUT2D eigenvalue weighted by Gasteiger charge is -2.38. The topological polar surface area (TPSA) is 171 Å². The maximum absolute atomic E-state index is 15.9. The summed E-state index contributed by atoms with van der Waals surface area (Å²) in [5, 5.41) is 33.4. The Kier molecular flexibility index (Phi) is 8.45. The van der Waals surface area contributed by atoms with Crippen LogP contribution in [0.3, 0.4) is 0 Å². The number of halogens is 1. The van der Waals surface area contributed by atoms with Gasteiger partial charge < -0.3 is 24.3 Å². The number of rotatable bonds is 14. The average Bonchev–Trinajstić information content (AvgIpc) is 4.17. The molecule has 4 aliphatic heterocycles. The monoisotopic (exact) mass is 760 g/mol. The number of nitrogens with zero attached hydrogens (tertiary/aromatic N) is 5. The van der Waals surface area contributed by atoms with E-state index >= 15 is 4.39 Å². The van der Waals surface area contributed by atoms with Gasteiger partial charge >= 0.3 is 6.09 Å². The van der Waals surface area contributed by atoms with E-state index < -0.39 is 23.4 Å². The number of hydrogen-bond acceptors (Lipinski definition) is 10. The van der Waals surface area contributed by atoms with Crippen molar-refractivity contribution in [1.29, 1.82) is 15.8 Å². The van der Waals surface area contributed by atoms with E-state index in [1.165, 1.54) is 11.0 Å². The number of carbonyl (C=O) groups excluding carboxylic acids is 2. The van der Waals surface area contributed by atoms with Crippen LogP contribution in [0.25, 0.3) is 11.1 Å². The lowest BCUT2D eigenvalue weighted by Crippen LogP contribution is -2.36. The fourth-order valence-electron chi connectivity index (χ4n) is 11.9. The quantitative estimate of drug-likeness (QED) is 0.248. The molecule has 8 fully saturated rings. The number of cyclic esters (lactones) is 1. The van der Waals surface area contributed by atoms with Gasteiger partial charge in [-0.25, -0.2) is 9.18 Å². The molecule has 4 aliphatic carbocycles. The fraction of sp³-hybridized carbons (Fsp3) is 0.628. The van der Waals surface area contributed by atoms with Crippen molar-refractivity contribution >= 4 is 17.7 Å². The zero-order valence-corrected chi connectivity index (χ0v) is 31.2. The molecule has 1 aromatic carbocycles. The van der Waals surface area contributed by atoms with Gasteiger partial charge in [0.25, 0.3) is 0 Å². The number of anilines is 1. The Labute approximate surface area is 325 Å². The molecule has 1 N–H and O–H groups in total. The zero-order chi connectivity index (χ0) is 38.4. The van der Waals surface area contributed by atoms with Crippen LogP contribution < -0.4 is 10.2 Å². The van der Waals surface area contributed by atoms with Gasteiger partial charge in [0.05, 0.1) is 94.4 Å². The Balaban J connectivity index is 0.909. The fourth-order valence-corrected chi connectivity index (χ4v) is 11.9. The molecule has 4 saturated heterocycles. The van der Waals surface area contributed by atoms with Crippen molar-refractivity contribution < 1.29 is 32.9 Å². The second kappa shape index (κ2) is 13.2. The Hall–Kier alpha value is -4.61. The molecule has 2 amide bonds. The van der Waals surface area contributed by atoms with Gasteiger partial charge in [0.15, 0.2) is 0 Å². The molecule has 0 spiro atoms. The lowest BCUT2D eigenvalue weighted by atomic mass is 9.65. The molecule has 12 nitrogen and oxygen atoms in total. The number of nitriles is 3. The van der Waals surface area contributed by atoms with Crippen molar-refractivity contribution in [3.8, 4) is 29.3 Å². The molecule has 290 valence electrons. The number of aromatic nitrogens is 1. The molecular formula is C43H45FN6O6. The normalized spacial score (nSPS) is 37.9. The van der Waals surface area contributed by atoms with Crippen LogP contribution in [0.1, 0.15) is 50.1 Å². The van der Waals surface area contributed by atoms with Gasteiger partial charge in [-0.1, -0.05) is 18.9 Å². The Morgan fingerprint density at radius 2 is 1.64 bits per heavy atom. The van der Waals surface area contributed by atoms with Crippen molar-refractivity contribution in [2.24, 2.45) is 63.6 Å². The minimum Gasteiger partial charge on any atom is -0.442 e. The van der Waals surface area contributed by atoms with Crippen LogP contribution in [0.5, 0.6) is 0 Å². The van der Waals surface area contributed by atoms with Crippen LogP contribution >= 0.6 is 0 Å². The van der Waals surface area contributed by atoms with E-state index in [1.54, 1.807) is 18.3 Å². The van der Waals surface area contributed by atoms with E-state index in [2.05, 4.69) is 23.5 Å². The largest absolute Gasteiger partial charge is 0.442 e. The highest BCUT2D eigenvalue weighted by atomic mass is 19.1. The van der Waals surface area contributed by atoms with Gasteiger partial charge in [-0.3, -0.25) is 14.7 Å². The van der Waals surface area contributed by atoms with Crippen molar-refractivity contribution in [2.75, 3.05) is 57.6 Å². The number of hydrogen-bond donors (Lipinski definition) is 1. The Morgan fingerprint density at radius 3 is 2.30 bits per heavy atom. The summed E-state index contributed by atoms with van der Waals surface area (Å²) >= 11 is 0. The minimum atomic E-state index is -0.585. The Bertz CT molecular complexity index is 2080. The third-order valence-corrected chi connectivity index (χ3v) is 15.2. The van der Waals surface area contributed by atoms with Gasteiger partial charge in [-0.15, -0.1) is 0 Å². The second-order valence-electron chi connectivity index (χ2n) is 17.7. The first-order valence-corrected chi connectivity index (χ1v) is 20.2. The van der Waals surface area contributed by atoms with Crippen molar-refractivity contribution in [2.45, 2.75) is 50.5 Å². The van der Waals surface area contributed by atoms with E-state index in [1.807, 2.05) is 12.1 Å². The summed E-state index contributed by atoms with van der Waals surface area (Å²) in [6, 6.07) is 16.2. The molecule has 13 heteroatoms. The maximum atomic E-state index is 15.9. The van der Waals surface area contributed by atoms with E-state index in [0.717, 1.165) is 44.2 Å². The molecule has 1 aromatic heterocycles. The molecule has 5 heterocycles. The number of fused-ring (bicyclic) bond motifs is 3. The molecular weight excluding hydrogens is 716 g/mol. The van der Waals surface area contributed by atoms with Gasteiger partial charge in [0, 0.05) is 68.9 Å². The van der Waals surface area contributed by atoms with Crippen LogP contribution in [0.4, 0.5) is 14.9 Å². The third-order valence-electron chi connectivity index (χ3n) is 15.2. The van der Waals surface area contributed by atoms with Gasteiger partial charge in [-0.2, -0.15) is 15.8 Å². The molecule has 11 unspecified atom stereocenters. The number of pyridine rings is 1. The van der Waals surface area contributed by atoms with Gasteiger partial charge in [0.1, 0.15) is 11.9 Å². The molecule has 0 bridgehead atoms. The number of carbonyl (C=O) groups is 2. The predicted octanol–water partition coefficient (Wildman–Crippen LogP) is 5.36. The second-order valence-corrected chi connectivity index (χ2v) is 17.7. The number of ether oxygens (including phenoxy) is 4. The highest BCUT2D eigenvalue weighted by Crippen LogP contribution is 2.77. The number of benzene rings is 1. The van der Waals surface area contributed by atoms with Gasteiger partial charge in [-0.05, 0) is 55.9 Å². The van der Waals surface area contributed by atoms with Crippen LogP contribution in [-0.4, -0.2) is 75.8 Å². The smallest absolute Gasteiger partial charge is 0.414 e. The maximum Gasteiger partial charge on any atom is 0.414 e. The molecule has 8 aliphatic rings. The van der Waals surface area contributed by atoms with Crippen molar-refractivity contribution in [3.05, 3.63) is 48.0 Å². The molecule has 10 rings (SSSR count). The van der Waals surface area contributed by atoms with Gasteiger partial charge in [0.2, 0.25) is 5.91 Å². The van der Waals surface area contributed by atoms with Crippen LogP contribution in [0.2, 0.25) is 0 Å². The van der Waals surface area contributed by atoms with Crippen LogP contribution in [0.15, 0.2) is 36.5 Å². The number of nitrogens with one attached hydrogen (secondary N) is 1. The molecule has 4 saturated carbocycles. The van der Waals surface area contributed by atoms with E-state index in [-0.39, 0.29) is 77.2 Å². The number of unbranched alkanes of at least 4 members (excludes halogenated alkanes) is 1. The predicted molar refractivity (Wildman–Crippen MR) is 195 cm³/mol. The van der Waals surface area contributed by atoms with Crippen molar-refractivity contribution in [1.82, 2.24) is 10.3 Å². The Morgan fingerprint density at radius 1 is 0.929 bits per heavy atom. The van der Waals surface area contributed by atoms with Crippen molar-refractivity contribution in [3.63, 3.8) is 0 Å². The van der Waals surface area contributed by atoms with Crippen LogP contribution in [0, 0.1) is 103 Å². The zero-order valence-electron chi connectivity index (χ0n) is 31.2. The highest BCUT2D eigenvalue weighted by molar-refractivity contribution is 5.90. The summed E-state index contributed by atoms with van der Waals surface area (Å²) in [7, 11) is 0. The summed E-state index contributed by atoms with van der Waals surface area (Å²) in [6.45, 7) is 3.76. The SMILES string of the molecule is N#CC1C2COCC12CCCCC(C(c1ccc(-c2ccc(N3C[C@H](CNC(=O)C4CC4)OC3=O)cc2F)cn1)C12COCC1C2C#N)C12COCC1C2C#N. The summed E-state index contributed by atoms with van der Waals surface area (Å²) in [4.78, 5) is 31.2. The molecule has 0 radical (unpaired) electrons. The number of amides is 2. The van der Waals surface area contributed by atoms with Crippen LogP contribution in [-0.2, 0) is 23.7 Å². The standard InChI is InChI=1S/C43H45FN6O6/c44-36-11-26(50-17-27(56-40(50)52)16-49-39(51)24-4-5-24)7-8-28(36)25-6-9-37(48-15-25)38(43-23-55-20-35(43)32(43)14-47)29(42-22-54-19-34(42)31(42)13-46)3-1-2-10-41-21-53-18-33(41)30(41)12-45/h6-9,11,15,24,27,29-35,38H,1-5,10,16-23H2,(H,49,51)/t27-,29?,30?,31?,32?,33?,34?,35?,38?,41?,42?,43?/m0/s1. The lowest BCUT2D eigenvalue weighted by molar-refractivity contribution is -0.122. The first kappa shape index (κ1) is 35.8. The molecule has 56 heavy (non-hydrogen) atoms. The highest BCUT2D eigenvalue weighted by Gasteiger charge is 2.79. The average molecular weight is 761 g/mol. The summed E-state index contributed by atoms with van der Waals surface area (Å²) in [5.74, 6) is -0.343. The first-order chi connectivity index (χ1) is 27.3.